The van der Waals surface area contributed by atoms with E-state index in [-0.39, 0.29) is 11.8 Å². The Bertz CT molecular complexity index is 1260. The van der Waals surface area contributed by atoms with Gasteiger partial charge in [-0.3, -0.25) is 4.79 Å². The van der Waals surface area contributed by atoms with Gasteiger partial charge >= 0.3 is 0 Å². The number of benzene rings is 3. The Morgan fingerprint density at radius 1 is 0.719 bits per heavy atom. The predicted molar refractivity (Wildman–Crippen MR) is 131 cm³/mol. The minimum atomic E-state index is -0.00425. The van der Waals surface area contributed by atoms with Crippen LogP contribution in [0, 0.1) is 0 Å². The maximum absolute atomic E-state index is 12.3. The number of hydrogen-bond acceptors (Lipinski definition) is 1. The molecular formula is C28H27N3O. The van der Waals surface area contributed by atoms with Crippen molar-refractivity contribution in [3.8, 4) is 0 Å². The van der Waals surface area contributed by atoms with E-state index in [1.54, 1.807) is 0 Å². The van der Waals surface area contributed by atoms with Crippen LogP contribution < -0.4 is 5.32 Å². The van der Waals surface area contributed by atoms with E-state index in [0.717, 1.165) is 19.3 Å². The zero-order valence-electron chi connectivity index (χ0n) is 18.0. The first-order chi connectivity index (χ1) is 15.8. The van der Waals surface area contributed by atoms with Gasteiger partial charge in [0, 0.05) is 52.2 Å². The van der Waals surface area contributed by atoms with E-state index < -0.39 is 0 Å². The molecule has 0 bridgehead atoms. The molecule has 4 nitrogen and oxygen atoms in total. The number of fused-ring (bicyclic) bond motifs is 2. The molecule has 3 N–H and O–H groups in total. The van der Waals surface area contributed by atoms with Crippen molar-refractivity contribution in [2.45, 2.75) is 25.2 Å². The summed E-state index contributed by atoms with van der Waals surface area (Å²) in [5.74, 6) is 0.280. The summed E-state index contributed by atoms with van der Waals surface area (Å²) in [6.07, 6.45) is 7.31. The van der Waals surface area contributed by atoms with Crippen LogP contribution in [0.3, 0.4) is 0 Å². The van der Waals surface area contributed by atoms with E-state index in [1.165, 1.54) is 32.9 Å². The van der Waals surface area contributed by atoms with Crippen molar-refractivity contribution in [1.29, 1.82) is 0 Å². The Morgan fingerprint density at radius 2 is 1.28 bits per heavy atom. The topological polar surface area (TPSA) is 60.7 Å². The Kier molecular flexibility index (Phi) is 5.75. The molecule has 0 spiro atoms. The van der Waals surface area contributed by atoms with Gasteiger partial charge in [-0.15, -0.1) is 0 Å². The molecule has 5 rings (SSSR count). The number of rotatable bonds is 8. The highest BCUT2D eigenvalue weighted by atomic mass is 16.1. The number of H-pyrrole nitrogens is 2. The van der Waals surface area contributed by atoms with E-state index >= 15 is 0 Å². The summed E-state index contributed by atoms with van der Waals surface area (Å²) < 4.78 is 0. The molecule has 0 unspecified atom stereocenters. The van der Waals surface area contributed by atoms with Crippen LogP contribution in [0.15, 0.2) is 91.3 Å². The molecule has 2 aromatic heterocycles. The summed E-state index contributed by atoms with van der Waals surface area (Å²) in [4.78, 5) is 19.2. The molecule has 0 aliphatic rings. The van der Waals surface area contributed by atoms with Crippen LogP contribution in [-0.2, 0) is 0 Å². The summed E-state index contributed by atoms with van der Waals surface area (Å²) in [5.41, 5.74) is 5.71. The molecule has 0 aliphatic heterocycles. The monoisotopic (exact) mass is 421 g/mol. The second-order valence-electron chi connectivity index (χ2n) is 8.25. The molecule has 0 fully saturated rings. The average Bonchev–Trinajstić information content (AvgIpc) is 3.47. The van der Waals surface area contributed by atoms with Crippen LogP contribution >= 0.6 is 0 Å². The van der Waals surface area contributed by atoms with Crippen molar-refractivity contribution in [1.82, 2.24) is 15.3 Å². The van der Waals surface area contributed by atoms with Gasteiger partial charge in [0.25, 0.3) is 5.91 Å². The van der Waals surface area contributed by atoms with E-state index in [9.17, 15) is 4.79 Å². The number of aromatic nitrogens is 2. The van der Waals surface area contributed by atoms with Crippen LogP contribution in [0.1, 0.15) is 46.7 Å². The number of carbonyl (C=O) groups is 1. The minimum absolute atomic E-state index is 0.00425. The van der Waals surface area contributed by atoms with E-state index in [1.807, 2.05) is 30.3 Å². The van der Waals surface area contributed by atoms with Crippen molar-refractivity contribution in [3.05, 3.63) is 108 Å². The number of para-hydroxylation sites is 2. The Labute approximate surface area is 187 Å². The van der Waals surface area contributed by atoms with Crippen molar-refractivity contribution >= 4 is 27.7 Å². The van der Waals surface area contributed by atoms with Crippen molar-refractivity contribution in [2.75, 3.05) is 6.54 Å². The SMILES string of the molecule is O=C(NCCCCC(c1c[nH]c2ccccc12)c1c[nH]c2ccccc12)c1ccccc1. The van der Waals surface area contributed by atoms with Gasteiger partial charge in [0.1, 0.15) is 0 Å². The van der Waals surface area contributed by atoms with Gasteiger partial charge in [0.2, 0.25) is 0 Å². The fraction of sp³-hybridized carbons (Fsp3) is 0.179. The Balaban J connectivity index is 1.32. The van der Waals surface area contributed by atoms with Crippen molar-refractivity contribution in [3.63, 3.8) is 0 Å². The van der Waals surface area contributed by atoms with Crippen molar-refractivity contribution in [2.24, 2.45) is 0 Å². The first-order valence-electron chi connectivity index (χ1n) is 11.3. The lowest BCUT2D eigenvalue weighted by molar-refractivity contribution is 0.0953. The van der Waals surface area contributed by atoms with E-state index in [0.29, 0.717) is 12.1 Å². The maximum Gasteiger partial charge on any atom is 0.251 e. The average molecular weight is 422 g/mol. The zero-order valence-corrected chi connectivity index (χ0v) is 18.0. The molecule has 32 heavy (non-hydrogen) atoms. The largest absolute Gasteiger partial charge is 0.361 e. The summed E-state index contributed by atoms with van der Waals surface area (Å²) in [6.45, 7) is 0.683. The first-order valence-corrected chi connectivity index (χ1v) is 11.3. The molecule has 5 aromatic rings. The van der Waals surface area contributed by atoms with Gasteiger partial charge in [-0.05, 0) is 48.2 Å². The maximum atomic E-state index is 12.3. The van der Waals surface area contributed by atoms with Crippen LogP contribution in [-0.4, -0.2) is 22.4 Å². The van der Waals surface area contributed by atoms with Crippen LogP contribution in [0.25, 0.3) is 21.8 Å². The van der Waals surface area contributed by atoms with Gasteiger partial charge in [0.05, 0.1) is 0 Å². The molecule has 2 heterocycles. The van der Waals surface area contributed by atoms with Gasteiger partial charge in [0.15, 0.2) is 0 Å². The lowest BCUT2D eigenvalue weighted by Gasteiger charge is -2.17. The van der Waals surface area contributed by atoms with Crippen LogP contribution in [0.4, 0.5) is 0 Å². The third-order valence-electron chi connectivity index (χ3n) is 6.23. The lowest BCUT2D eigenvalue weighted by Crippen LogP contribution is -2.24. The second kappa shape index (κ2) is 9.15. The number of nitrogens with one attached hydrogen (secondary N) is 3. The third kappa shape index (κ3) is 4.04. The third-order valence-corrected chi connectivity index (χ3v) is 6.23. The Morgan fingerprint density at radius 3 is 1.91 bits per heavy atom. The number of unbranched alkanes of at least 4 members (excludes halogenated alkanes) is 1. The van der Waals surface area contributed by atoms with E-state index in [4.69, 9.17) is 0 Å². The number of aromatic amines is 2. The normalized spacial score (nSPS) is 11.4. The fourth-order valence-electron chi connectivity index (χ4n) is 4.61. The van der Waals surface area contributed by atoms with Gasteiger partial charge in [-0.1, -0.05) is 61.0 Å². The zero-order chi connectivity index (χ0) is 21.8. The summed E-state index contributed by atoms with van der Waals surface area (Å²) in [7, 11) is 0. The molecule has 0 atom stereocenters. The highest BCUT2D eigenvalue weighted by Gasteiger charge is 2.21. The smallest absolute Gasteiger partial charge is 0.251 e. The number of carbonyl (C=O) groups excluding carboxylic acids is 1. The molecule has 3 aromatic carbocycles. The van der Waals surface area contributed by atoms with E-state index in [2.05, 4.69) is 76.2 Å². The molecule has 4 heteroatoms. The molecular weight excluding hydrogens is 394 g/mol. The summed E-state index contributed by atoms with van der Waals surface area (Å²) >= 11 is 0. The summed E-state index contributed by atoms with van der Waals surface area (Å²) in [6, 6.07) is 26.4. The molecule has 0 radical (unpaired) electrons. The minimum Gasteiger partial charge on any atom is -0.361 e. The first kappa shape index (κ1) is 20.1. The number of amides is 1. The predicted octanol–water partition coefficient (Wildman–Crippen LogP) is 6.38. The lowest BCUT2D eigenvalue weighted by atomic mass is 9.86. The van der Waals surface area contributed by atoms with Gasteiger partial charge in [-0.2, -0.15) is 0 Å². The fourth-order valence-corrected chi connectivity index (χ4v) is 4.61. The molecule has 160 valence electrons. The van der Waals surface area contributed by atoms with Crippen molar-refractivity contribution < 1.29 is 4.79 Å². The van der Waals surface area contributed by atoms with Crippen LogP contribution in [0.5, 0.6) is 0 Å². The van der Waals surface area contributed by atoms with Gasteiger partial charge in [-0.25, -0.2) is 0 Å². The molecule has 0 saturated carbocycles. The Hall–Kier alpha value is -3.79. The quantitative estimate of drug-likeness (QED) is 0.250. The van der Waals surface area contributed by atoms with Crippen LogP contribution in [0.2, 0.25) is 0 Å². The number of hydrogen-bond donors (Lipinski definition) is 3. The molecule has 0 saturated heterocycles. The molecule has 1 amide bonds. The second-order valence-corrected chi connectivity index (χ2v) is 8.25. The highest BCUT2D eigenvalue weighted by Crippen LogP contribution is 2.37. The summed E-state index contributed by atoms with van der Waals surface area (Å²) in [5, 5.41) is 5.61. The molecule has 0 aliphatic carbocycles. The standard InChI is InChI=1S/C28H27N3O/c32-28(20-10-2-1-3-11-20)29-17-9-8-12-21(24-18-30-26-15-6-4-13-22(24)26)25-19-31-27-16-7-5-14-23(25)27/h1-7,10-11,13-16,18-19,21,30-31H,8-9,12,17H2,(H,29,32). The van der Waals surface area contributed by atoms with Gasteiger partial charge < -0.3 is 15.3 Å². The highest BCUT2D eigenvalue weighted by molar-refractivity contribution is 5.94.